The van der Waals surface area contributed by atoms with Crippen LogP contribution in [0.3, 0.4) is 0 Å². The Morgan fingerprint density at radius 2 is 1.68 bits per heavy atom. The van der Waals surface area contributed by atoms with E-state index < -0.39 is 4.92 Å². The lowest BCUT2D eigenvalue weighted by molar-refractivity contribution is -0.385. The zero-order valence-corrected chi connectivity index (χ0v) is 9.62. The molecule has 0 aromatic heterocycles. The van der Waals surface area contributed by atoms with Gasteiger partial charge in [0.1, 0.15) is 5.56 Å². The largest absolute Gasteiger partial charge is 0.298 e. The summed E-state index contributed by atoms with van der Waals surface area (Å²) in [5.41, 5.74) is 1.40. The van der Waals surface area contributed by atoms with Crippen LogP contribution in [0.1, 0.15) is 26.3 Å². The molecule has 0 spiro atoms. The molecule has 5 heteroatoms. The van der Waals surface area contributed by atoms with Gasteiger partial charge in [-0.3, -0.25) is 19.7 Å². The number of nitrogens with zero attached hydrogens (tertiary/aromatic N) is 1. The number of nitro benzene ring substituents is 1. The number of carbonyl (C=O) groups excluding carboxylic acids is 2. The summed E-state index contributed by atoms with van der Waals surface area (Å²) in [4.78, 5) is 33.6. The van der Waals surface area contributed by atoms with Gasteiger partial charge in [0.05, 0.1) is 4.92 Å². The second-order valence-corrected chi connectivity index (χ2v) is 4.17. The van der Waals surface area contributed by atoms with Gasteiger partial charge in [0, 0.05) is 17.2 Å². The van der Waals surface area contributed by atoms with E-state index in [2.05, 4.69) is 0 Å². The standard InChI is InChI=1S/C14H7NO4/c16-7-11-12(15(18)19)6-5-9-8-3-1-2-4-10(8)14(17)13(9)11/h1-7H. The first-order valence-electron chi connectivity index (χ1n) is 5.56. The highest BCUT2D eigenvalue weighted by molar-refractivity contribution is 6.25. The smallest absolute Gasteiger partial charge is 0.280 e. The molecule has 0 saturated carbocycles. The Balaban J connectivity index is 2.39. The van der Waals surface area contributed by atoms with E-state index >= 15 is 0 Å². The van der Waals surface area contributed by atoms with Crippen LogP contribution in [0.25, 0.3) is 11.1 Å². The summed E-state index contributed by atoms with van der Waals surface area (Å²) in [5, 5.41) is 10.9. The maximum atomic E-state index is 12.3. The van der Waals surface area contributed by atoms with Crippen LogP contribution >= 0.6 is 0 Å². The molecule has 1 aliphatic rings. The molecule has 2 aromatic rings. The van der Waals surface area contributed by atoms with Gasteiger partial charge in [-0.15, -0.1) is 0 Å². The first-order chi connectivity index (χ1) is 9.15. The maximum absolute atomic E-state index is 12.3. The summed E-state index contributed by atoms with van der Waals surface area (Å²) >= 11 is 0. The topological polar surface area (TPSA) is 77.3 Å². The number of aldehydes is 1. The predicted molar refractivity (Wildman–Crippen MR) is 67.4 cm³/mol. The Bertz CT molecular complexity index is 749. The molecule has 19 heavy (non-hydrogen) atoms. The number of hydrogen-bond donors (Lipinski definition) is 0. The third-order valence-electron chi connectivity index (χ3n) is 3.23. The van der Waals surface area contributed by atoms with Crippen LogP contribution in [-0.2, 0) is 0 Å². The molecule has 2 aromatic carbocycles. The molecule has 92 valence electrons. The van der Waals surface area contributed by atoms with Crippen LogP contribution in [-0.4, -0.2) is 17.0 Å². The zero-order valence-electron chi connectivity index (χ0n) is 9.62. The van der Waals surface area contributed by atoms with Crippen molar-refractivity contribution in [3.8, 4) is 11.1 Å². The van der Waals surface area contributed by atoms with Crippen molar-refractivity contribution in [3.05, 3.63) is 63.2 Å². The minimum absolute atomic E-state index is 0.130. The number of hydrogen-bond acceptors (Lipinski definition) is 4. The van der Waals surface area contributed by atoms with Gasteiger partial charge in [0.25, 0.3) is 5.69 Å². The average molecular weight is 253 g/mol. The SMILES string of the molecule is O=Cc1c([N+](=O)[O-])ccc2c1C(=O)c1ccccc1-2. The summed E-state index contributed by atoms with van der Waals surface area (Å²) in [6.07, 6.45) is 0.376. The summed E-state index contributed by atoms with van der Waals surface area (Å²) in [5.74, 6) is -0.337. The first-order valence-corrected chi connectivity index (χ1v) is 5.56. The lowest BCUT2D eigenvalue weighted by Gasteiger charge is -2.02. The molecule has 0 saturated heterocycles. The van der Waals surface area contributed by atoms with Crippen molar-refractivity contribution in [2.75, 3.05) is 0 Å². The van der Waals surface area contributed by atoms with E-state index in [1.54, 1.807) is 24.3 Å². The fourth-order valence-corrected chi connectivity index (χ4v) is 2.41. The van der Waals surface area contributed by atoms with Crippen LogP contribution in [0.5, 0.6) is 0 Å². The van der Waals surface area contributed by atoms with Crippen LogP contribution in [0.4, 0.5) is 5.69 Å². The Hall–Kier alpha value is -2.82. The highest BCUT2D eigenvalue weighted by atomic mass is 16.6. The zero-order chi connectivity index (χ0) is 13.6. The van der Waals surface area contributed by atoms with E-state index in [0.29, 0.717) is 23.0 Å². The molecule has 0 bridgehead atoms. The van der Waals surface area contributed by atoms with Crippen molar-refractivity contribution in [2.45, 2.75) is 0 Å². The van der Waals surface area contributed by atoms with E-state index in [-0.39, 0.29) is 22.6 Å². The quantitative estimate of drug-likeness (QED) is 0.399. The van der Waals surface area contributed by atoms with E-state index in [4.69, 9.17) is 0 Å². The van der Waals surface area contributed by atoms with Crippen molar-refractivity contribution in [3.63, 3.8) is 0 Å². The normalized spacial score (nSPS) is 11.9. The summed E-state index contributed by atoms with van der Waals surface area (Å²) < 4.78 is 0. The van der Waals surface area contributed by atoms with Gasteiger partial charge in [-0.05, 0) is 17.2 Å². The Labute approximate surface area is 107 Å². The highest BCUT2D eigenvalue weighted by Crippen LogP contribution is 2.40. The molecule has 0 heterocycles. The molecule has 0 aliphatic heterocycles. The lowest BCUT2D eigenvalue weighted by Crippen LogP contribution is -2.04. The third kappa shape index (κ3) is 1.41. The van der Waals surface area contributed by atoms with Crippen molar-refractivity contribution in [1.82, 2.24) is 0 Å². The van der Waals surface area contributed by atoms with Crippen molar-refractivity contribution >= 4 is 17.8 Å². The minimum atomic E-state index is -0.653. The highest BCUT2D eigenvalue weighted by Gasteiger charge is 2.32. The molecule has 0 atom stereocenters. The molecule has 0 radical (unpaired) electrons. The van der Waals surface area contributed by atoms with Crippen molar-refractivity contribution in [2.24, 2.45) is 0 Å². The lowest BCUT2D eigenvalue weighted by atomic mass is 10.00. The molecule has 0 N–H and O–H groups in total. The molecule has 3 rings (SSSR count). The Morgan fingerprint density at radius 3 is 2.32 bits per heavy atom. The third-order valence-corrected chi connectivity index (χ3v) is 3.23. The number of fused-ring (bicyclic) bond motifs is 3. The van der Waals surface area contributed by atoms with Crippen molar-refractivity contribution < 1.29 is 14.5 Å². The summed E-state index contributed by atoms with van der Waals surface area (Å²) in [6, 6.07) is 9.69. The number of carbonyl (C=O) groups is 2. The van der Waals surface area contributed by atoms with Crippen LogP contribution in [0.2, 0.25) is 0 Å². The monoisotopic (exact) mass is 253 g/mol. The molecular weight excluding hydrogens is 246 g/mol. The van der Waals surface area contributed by atoms with Gasteiger partial charge < -0.3 is 0 Å². The molecule has 1 aliphatic carbocycles. The molecule has 0 amide bonds. The summed E-state index contributed by atoms with van der Waals surface area (Å²) in [6.45, 7) is 0. The Kier molecular flexibility index (Phi) is 2.28. The van der Waals surface area contributed by atoms with E-state index in [9.17, 15) is 19.7 Å². The minimum Gasteiger partial charge on any atom is -0.298 e. The van der Waals surface area contributed by atoms with Crippen LogP contribution in [0.15, 0.2) is 36.4 Å². The molecular formula is C14H7NO4. The van der Waals surface area contributed by atoms with Gasteiger partial charge in [0.2, 0.25) is 0 Å². The molecule has 0 unspecified atom stereocenters. The summed E-state index contributed by atoms with van der Waals surface area (Å²) in [7, 11) is 0. The second-order valence-electron chi connectivity index (χ2n) is 4.17. The van der Waals surface area contributed by atoms with E-state index in [1.807, 2.05) is 0 Å². The van der Waals surface area contributed by atoms with Gasteiger partial charge in [-0.1, -0.05) is 24.3 Å². The Morgan fingerprint density at radius 1 is 1.00 bits per heavy atom. The van der Waals surface area contributed by atoms with Crippen molar-refractivity contribution in [1.29, 1.82) is 0 Å². The van der Waals surface area contributed by atoms with Crippen LogP contribution < -0.4 is 0 Å². The van der Waals surface area contributed by atoms with E-state index in [1.165, 1.54) is 12.1 Å². The fourth-order valence-electron chi connectivity index (χ4n) is 2.41. The fraction of sp³-hybridized carbons (Fsp3) is 0. The maximum Gasteiger partial charge on any atom is 0.280 e. The molecule has 0 fully saturated rings. The van der Waals surface area contributed by atoms with Gasteiger partial charge in [-0.2, -0.15) is 0 Å². The number of ketones is 1. The number of benzene rings is 2. The van der Waals surface area contributed by atoms with Gasteiger partial charge in [0.15, 0.2) is 12.1 Å². The van der Waals surface area contributed by atoms with Gasteiger partial charge >= 0.3 is 0 Å². The second kappa shape index (κ2) is 3.84. The van der Waals surface area contributed by atoms with Crippen LogP contribution in [0, 0.1) is 10.1 Å². The average Bonchev–Trinajstić information content (AvgIpc) is 2.72. The van der Waals surface area contributed by atoms with Gasteiger partial charge in [-0.25, -0.2) is 0 Å². The molecule has 5 nitrogen and oxygen atoms in total. The van der Waals surface area contributed by atoms with E-state index in [0.717, 1.165) is 0 Å². The number of rotatable bonds is 2. The first kappa shape index (κ1) is 11.3. The number of nitro groups is 1. The predicted octanol–water partition coefficient (Wildman–Crippen LogP) is 2.62.